The molecule has 2 atom stereocenters. The summed E-state index contributed by atoms with van der Waals surface area (Å²) < 4.78 is 21.6. The fourth-order valence-electron chi connectivity index (χ4n) is 5.89. The standard InChI is InChI=1S/C41H74IN5O13/c1-2-3-4-5-6-7-9-12-15-33(16-13-10-8-11-14-17-39(52)53)40(54)47-34(41(55)56)18-19-35(48)45-22-24-57-26-29-60-32-38(51)46-23-25-58-27-28-59-31-37(50)44-21-20-43-36(49)30-42/h33-34H,2-32H2,1H3,(H,43,49)(H,44,50)(H,45,48)(H,46,51)(H,47,54)(H,52,53)(H,55,56)/t33?,34-/m0/s1. The highest BCUT2D eigenvalue weighted by atomic mass is 127. The molecule has 0 rings (SSSR count). The van der Waals surface area contributed by atoms with E-state index in [1.807, 2.05) is 22.6 Å². The molecular weight excluding hydrogens is 897 g/mol. The van der Waals surface area contributed by atoms with E-state index in [4.69, 9.17) is 24.1 Å². The van der Waals surface area contributed by atoms with E-state index >= 15 is 0 Å². The first-order chi connectivity index (χ1) is 29.0. The molecule has 348 valence electrons. The van der Waals surface area contributed by atoms with Gasteiger partial charge in [0.05, 0.1) is 44.1 Å². The smallest absolute Gasteiger partial charge is 0.326 e. The van der Waals surface area contributed by atoms with Crippen molar-refractivity contribution in [2.24, 2.45) is 5.92 Å². The monoisotopic (exact) mass is 971 g/mol. The highest BCUT2D eigenvalue weighted by Crippen LogP contribution is 2.20. The zero-order valence-corrected chi connectivity index (χ0v) is 38.0. The van der Waals surface area contributed by atoms with Crippen LogP contribution in [-0.2, 0) is 52.5 Å². The van der Waals surface area contributed by atoms with Gasteiger partial charge in [-0.2, -0.15) is 0 Å². The molecular formula is C41H74IN5O13. The van der Waals surface area contributed by atoms with Crippen molar-refractivity contribution in [3.8, 4) is 0 Å². The molecule has 0 spiro atoms. The Morgan fingerprint density at radius 1 is 0.500 bits per heavy atom. The summed E-state index contributed by atoms with van der Waals surface area (Å²) in [5.74, 6) is -3.70. The Morgan fingerprint density at radius 3 is 1.45 bits per heavy atom. The summed E-state index contributed by atoms with van der Waals surface area (Å²) >= 11 is 1.95. The highest BCUT2D eigenvalue weighted by Gasteiger charge is 2.25. The number of alkyl halides is 1. The van der Waals surface area contributed by atoms with Gasteiger partial charge < -0.3 is 55.7 Å². The largest absolute Gasteiger partial charge is 0.481 e. The van der Waals surface area contributed by atoms with Crippen LogP contribution in [0.3, 0.4) is 0 Å². The Labute approximate surface area is 370 Å². The third-order valence-corrected chi connectivity index (χ3v) is 9.93. The lowest BCUT2D eigenvalue weighted by molar-refractivity contribution is -0.143. The van der Waals surface area contributed by atoms with Gasteiger partial charge in [0, 0.05) is 44.9 Å². The van der Waals surface area contributed by atoms with E-state index in [0.717, 1.165) is 44.9 Å². The molecule has 0 aromatic carbocycles. The van der Waals surface area contributed by atoms with Gasteiger partial charge in [0.15, 0.2) is 0 Å². The third-order valence-electron chi connectivity index (χ3n) is 9.23. The van der Waals surface area contributed by atoms with Crippen LogP contribution in [0.4, 0.5) is 0 Å². The number of rotatable bonds is 43. The topological polar surface area (TPSA) is 257 Å². The van der Waals surface area contributed by atoms with Gasteiger partial charge >= 0.3 is 11.9 Å². The number of carboxylic acid groups (broad SMARTS) is 2. The van der Waals surface area contributed by atoms with E-state index in [0.29, 0.717) is 36.8 Å². The lowest BCUT2D eigenvalue weighted by Gasteiger charge is -2.21. The number of nitrogens with one attached hydrogen (secondary N) is 5. The number of halogens is 1. The minimum atomic E-state index is -1.19. The van der Waals surface area contributed by atoms with E-state index in [1.54, 1.807) is 0 Å². The molecule has 0 aliphatic heterocycles. The second kappa shape index (κ2) is 41.2. The molecule has 0 aliphatic rings. The Kier molecular flexibility index (Phi) is 39.1. The average Bonchev–Trinajstić information content (AvgIpc) is 3.22. The maximum absolute atomic E-state index is 13.3. The third kappa shape index (κ3) is 37.8. The van der Waals surface area contributed by atoms with E-state index in [2.05, 4.69) is 33.5 Å². The maximum Gasteiger partial charge on any atom is 0.326 e. The van der Waals surface area contributed by atoms with Gasteiger partial charge in [-0.3, -0.25) is 28.8 Å². The maximum atomic E-state index is 13.3. The second-order valence-corrected chi connectivity index (χ2v) is 15.2. The molecule has 0 heterocycles. The quantitative estimate of drug-likeness (QED) is 0.0264. The number of hydrogen-bond acceptors (Lipinski definition) is 11. The van der Waals surface area contributed by atoms with Gasteiger partial charge in [0.2, 0.25) is 29.5 Å². The lowest BCUT2D eigenvalue weighted by atomic mass is 9.92. The molecule has 0 saturated heterocycles. The molecule has 0 aromatic rings. The van der Waals surface area contributed by atoms with Crippen molar-refractivity contribution in [3.05, 3.63) is 0 Å². The number of hydrogen-bond donors (Lipinski definition) is 7. The minimum Gasteiger partial charge on any atom is -0.481 e. The van der Waals surface area contributed by atoms with Crippen LogP contribution in [0.2, 0.25) is 0 Å². The fraction of sp³-hybridized carbons (Fsp3) is 0.829. The van der Waals surface area contributed by atoms with Gasteiger partial charge in [-0.1, -0.05) is 107 Å². The summed E-state index contributed by atoms with van der Waals surface area (Å²) in [6.45, 7) is 4.24. The number of carbonyl (C=O) groups excluding carboxylic acids is 5. The van der Waals surface area contributed by atoms with Crippen LogP contribution < -0.4 is 26.6 Å². The molecule has 0 aromatic heterocycles. The van der Waals surface area contributed by atoms with Crippen molar-refractivity contribution in [3.63, 3.8) is 0 Å². The predicted molar refractivity (Wildman–Crippen MR) is 234 cm³/mol. The van der Waals surface area contributed by atoms with Gasteiger partial charge in [0.25, 0.3) is 0 Å². The highest BCUT2D eigenvalue weighted by molar-refractivity contribution is 14.1. The SMILES string of the molecule is CCCCCCCCCCC(CCCCCCCC(=O)O)C(=O)N[C@@H](CCC(=O)NCCOCCOCC(=O)NCCOCCOCC(=O)NCCNC(=O)CI)C(=O)O. The molecule has 7 N–H and O–H groups in total. The Balaban J connectivity index is 4.18. The summed E-state index contributed by atoms with van der Waals surface area (Å²) in [7, 11) is 0. The molecule has 1 unspecified atom stereocenters. The Hall–Kier alpha value is -3.14. The van der Waals surface area contributed by atoms with Crippen LogP contribution in [0.15, 0.2) is 0 Å². The van der Waals surface area contributed by atoms with Crippen molar-refractivity contribution in [2.45, 2.75) is 129 Å². The van der Waals surface area contributed by atoms with Crippen molar-refractivity contribution in [1.29, 1.82) is 0 Å². The summed E-state index contributed by atoms with van der Waals surface area (Å²) in [4.78, 5) is 83.2. The molecule has 0 fully saturated rings. The summed E-state index contributed by atoms with van der Waals surface area (Å²) in [5.41, 5.74) is 0. The molecule has 19 heteroatoms. The van der Waals surface area contributed by atoms with E-state index in [1.165, 1.54) is 32.1 Å². The Morgan fingerprint density at radius 2 is 0.950 bits per heavy atom. The molecule has 18 nitrogen and oxygen atoms in total. The van der Waals surface area contributed by atoms with Crippen molar-refractivity contribution < 1.29 is 62.7 Å². The van der Waals surface area contributed by atoms with Crippen LogP contribution in [0.1, 0.15) is 122 Å². The van der Waals surface area contributed by atoms with Crippen LogP contribution in [0, 0.1) is 5.92 Å². The van der Waals surface area contributed by atoms with Gasteiger partial charge in [-0.15, -0.1) is 0 Å². The molecule has 0 saturated carbocycles. The van der Waals surface area contributed by atoms with Gasteiger partial charge in [-0.25, -0.2) is 4.79 Å². The molecule has 60 heavy (non-hydrogen) atoms. The predicted octanol–water partition coefficient (Wildman–Crippen LogP) is 3.26. The van der Waals surface area contributed by atoms with Gasteiger partial charge in [0.1, 0.15) is 19.3 Å². The summed E-state index contributed by atoms with van der Waals surface area (Å²) in [6.07, 6.45) is 14.4. The molecule has 5 amide bonds. The van der Waals surface area contributed by atoms with Gasteiger partial charge in [-0.05, 0) is 25.7 Å². The average molecular weight is 972 g/mol. The number of carbonyl (C=O) groups is 7. The normalized spacial score (nSPS) is 12.0. The molecule has 0 aliphatic carbocycles. The molecule has 0 bridgehead atoms. The number of aliphatic carboxylic acids is 2. The first-order valence-electron chi connectivity index (χ1n) is 21.7. The first kappa shape index (κ1) is 56.9. The van der Waals surface area contributed by atoms with Crippen LogP contribution >= 0.6 is 22.6 Å². The van der Waals surface area contributed by atoms with E-state index in [9.17, 15) is 38.7 Å². The fourth-order valence-corrected chi connectivity index (χ4v) is 6.16. The zero-order chi connectivity index (χ0) is 44.5. The van der Waals surface area contributed by atoms with Crippen molar-refractivity contribution in [2.75, 3.05) is 83.5 Å². The van der Waals surface area contributed by atoms with Crippen LogP contribution in [0.5, 0.6) is 0 Å². The number of ether oxygens (including phenoxy) is 4. The summed E-state index contributed by atoms with van der Waals surface area (Å²) in [5, 5.41) is 31.9. The van der Waals surface area contributed by atoms with Crippen molar-refractivity contribution in [1.82, 2.24) is 26.6 Å². The molecule has 0 radical (unpaired) electrons. The second-order valence-electron chi connectivity index (χ2n) is 14.5. The number of unbranched alkanes of at least 4 members (excludes halogenated alkanes) is 11. The Bertz CT molecular complexity index is 1180. The van der Waals surface area contributed by atoms with Crippen molar-refractivity contribution >= 4 is 64.1 Å². The van der Waals surface area contributed by atoms with Crippen LogP contribution in [-0.4, -0.2) is 141 Å². The number of carboxylic acids is 2. The first-order valence-corrected chi connectivity index (χ1v) is 23.2. The summed E-state index contributed by atoms with van der Waals surface area (Å²) in [6, 6.07) is -1.19. The van der Waals surface area contributed by atoms with E-state index in [-0.39, 0.29) is 121 Å². The minimum absolute atomic E-state index is 0.0535. The lowest BCUT2D eigenvalue weighted by Crippen LogP contribution is -2.44. The number of amides is 5. The van der Waals surface area contributed by atoms with Crippen LogP contribution in [0.25, 0.3) is 0 Å². The van der Waals surface area contributed by atoms with E-state index < -0.39 is 18.0 Å². The zero-order valence-electron chi connectivity index (χ0n) is 35.8.